The first kappa shape index (κ1) is 29.8. The van der Waals surface area contributed by atoms with E-state index < -0.39 is 39.9 Å². The van der Waals surface area contributed by atoms with E-state index in [9.17, 15) is 22.4 Å². The van der Waals surface area contributed by atoms with Crippen molar-refractivity contribution in [3.63, 3.8) is 0 Å². The van der Waals surface area contributed by atoms with Crippen LogP contribution in [0.5, 0.6) is 0 Å². The van der Waals surface area contributed by atoms with Crippen LogP contribution in [0.2, 0.25) is 0 Å². The summed E-state index contributed by atoms with van der Waals surface area (Å²) in [5, 5.41) is 2.90. The van der Waals surface area contributed by atoms with Gasteiger partial charge in [0.2, 0.25) is 11.8 Å². The first-order valence-corrected chi connectivity index (χ1v) is 14.1. The van der Waals surface area contributed by atoms with Gasteiger partial charge in [0.25, 0.3) is 10.0 Å². The van der Waals surface area contributed by atoms with Gasteiger partial charge in [-0.3, -0.25) is 13.9 Å². The van der Waals surface area contributed by atoms with Crippen molar-refractivity contribution in [1.29, 1.82) is 0 Å². The molecule has 0 unspecified atom stereocenters. The number of sulfonamides is 1. The fourth-order valence-corrected chi connectivity index (χ4v) is 5.45. The maximum Gasteiger partial charge on any atom is 0.264 e. The Morgan fingerprint density at radius 3 is 2.10 bits per heavy atom. The first-order valence-electron chi connectivity index (χ1n) is 12.7. The molecule has 0 saturated heterocycles. The highest BCUT2D eigenvalue weighted by atomic mass is 32.2. The van der Waals surface area contributed by atoms with Crippen LogP contribution in [0, 0.1) is 19.7 Å². The van der Waals surface area contributed by atoms with Crippen LogP contribution in [0.1, 0.15) is 44.4 Å². The summed E-state index contributed by atoms with van der Waals surface area (Å²) in [4.78, 5) is 28.4. The zero-order valence-corrected chi connectivity index (χ0v) is 24.0. The van der Waals surface area contributed by atoms with Crippen molar-refractivity contribution in [2.45, 2.75) is 64.6 Å². The molecule has 3 rings (SSSR count). The monoisotopic (exact) mass is 553 g/mol. The van der Waals surface area contributed by atoms with E-state index in [1.165, 1.54) is 29.2 Å². The zero-order valence-electron chi connectivity index (χ0n) is 23.2. The number of nitrogens with one attached hydrogen (secondary N) is 1. The van der Waals surface area contributed by atoms with Crippen LogP contribution in [0.4, 0.5) is 10.1 Å². The minimum atomic E-state index is -4.20. The Morgan fingerprint density at radius 2 is 1.54 bits per heavy atom. The number of carbonyl (C=O) groups is 2. The second-order valence-corrected chi connectivity index (χ2v) is 12.6. The number of rotatable bonds is 9. The average Bonchev–Trinajstić information content (AvgIpc) is 2.85. The molecule has 1 atom stereocenters. The third kappa shape index (κ3) is 7.89. The lowest BCUT2D eigenvalue weighted by Gasteiger charge is -2.33. The maximum atomic E-state index is 13.9. The highest BCUT2D eigenvalue weighted by Gasteiger charge is 2.33. The van der Waals surface area contributed by atoms with Crippen molar-refractivity contribution in [3.05, 3.63) is 95.3 Å². The summed E-state index contributed by atoms with van der Waals surface area (Å²) in [6, 6.07) is 17.8. The average molecular weight is 554 g/mol. The molecule has 7 nitrogen and oxygen atoms in total. The lowest BCUT2D eigenvalue weighted by molar-refractivity contribution is -0.140. The smallest absolute Gasteiger partial charge is 0.264 e. The van der Waals surface area contributed by atoms with Gasteiger partial charge in [-0.25, -0.2) is 12.8 Å². The number of amides is 2. The Kier molecular flexibility index (Phi) is 9.17. The van der Waals surface area contributed by atoms with E-state index in [0.717, 1.165) is 33.1 Å². The first-order chi connectivity index (χ1) is 18.2. The summed E-state index contributed by atoms with van der Waals surface area (Å²) in [6.07, 6.45) is 0. The van der Waals surface area contributed by atoms with Gasteiger partial charge in [0, 0.05) is 12.1 Å². The second-order valence-electron chi connectivity index (χ2n) is 10.7. The number of nitrogens with zero attached hydrogens (tertiary/aromatic N) is 2. The molecule has 9 heteroatoms. The Morgan fingerprint density at radius 1 is 0.923 bits per heavy atom. The van der Waals surface area contributed by atoms with Gasteiger partial charge in [-0.1, -0.05) is 47.5 Å². The fourth-order valence-electron chi connectivity index (χ4n) is 4.04. The highest BCUT2D eigenvalue weighted by molar-refractivity contribution is 7.92. The number of carbonyl (C=O) groups excluding carboxylic acids is 2. The topological polar surface area (TPSA) is 86.8 Å². The molecule has 1 N–H and O–H groups in total. The predicted molar refractivity (Wildman–Crippen MR) is 151 cm³/mol. The van der Waals surface area contributed by atoms with E-state index in [4.69, 9.17) is 0 Å². The molecule has 3 aromatic carbocycles. The maximum absolute atomic E-state index is 13.9. The SMILES string of the molecule is Cc1ccc(S(=O)(=O)N(CC(=O)N(Cc2cccc(C)c2)[C@@H](C)C(=O)NC(C)(C)C)c2ccc(F)cc2)cc1. The lowest BCUT2D eigenvalue weighted by atomic mass is 10.1. The van der Waals surface area contributed by atoms with E-state index in [1.54, 1.807) is 19.1 Å². The molecule has 0 aliphatic heterocycles. The van der Waals surface area contributed by atoms with Gasteiger partial charge >= 0.3 is 0 Å². The van der Waals surface area contributed by atoms with Crippen molar-refractivity contribution in [2.75, 3.05) is 10.8 Å². The van der Waals surface area contributed by atoms with Gasteiger partial charge in [0.05, 0.1) is 10.6 Å². The molecular weight excluding hydrogens is 517 g/mol. The van der Waals surface area contributed by atoms with Crippen LogP contribution < -0.4 is 9.62 Å². The third-order valence-corrected chi connectivity index (χ3v) is 7.89. The molecule has 0 saturated carbocycles. The zero-order chi connectivity index (χ0) is 29.0. The third-order valence-electron chi connectivity index (χ3n) is 6.10. The molecule has 0 aliphatic rings. The number of benzene rings is 3. The van der Waals surface area contributed by atoms with Crippen molar-refractivity contribution in [2.24, 2.45) is 0 Å². The summed E-state index contributed by atoms with van der Waals surface area (Å²) < 4.78 is 42.2. The van der Waals surface area contributed by atoms with Crippen molar-refractivity contribution >= 4 is 27.5 Å². The highest BCUT2D eigenvalue weighted by Crippen LogP contribution is 2.25. The molecule has 2 amide bonds. The largest absolute Gasteiger partial charge is 0.350 e. The molecule has 0 aliphatic carbocycles. The molecule has 208 valence electrons. The Hall–Kier alpha value is -3.72. The van der Waals surface area contributed by atoms with Gasteiger partial charge in [-0.2, -0.15) is 0 Å². The number of hydrogen-bond donors (Lipinski definition) is 1. The van der Waals surface area contributed by atoms with E-state index in [-0.39, 0.29) is 23.0 Å². The molecular formula is C30H36FN3O4S. The Balaban J connectivity index is 2.03. The van der Waals surface area contributed by atoms with Crippen LogP contribution in [0.15, 0.2) is 77.7 Å². The minimum Gasteiger partial charge on any atom is -0.350 e. The van der Waals surface area contributed by atoms with Crippen LogP contribution in [0.25, 0.3) is 0 Å². The fraction of sp³-hybridized carbons (Fsp3) is 0.333. The normalized spacial score (nSPS) is 12.5. The molecule has 0 fully saturated rings. The van der Waals surface area contributed by atoms with Crippen LogP contribution in [-0.2, 0) is 26.2 Å². The van der Waals surface area contributed by atoms with Crippen LogP contribution in [-0.4, -0.2) is 43.3 Å². The summed E-state index contributed by atoms with van der Waals surface area (Å²) in [7, 11) is -4.20. The van der Waals surface area contributed by atoms with E-state index in [1.807, 2.05) is 58.9 Å². The van der Waals surface area contributed by atoms with Gasteiger partial charge in [-0.05, 0) is 83.5 Å². The number of halogens is 1. The van der Waals surface area contributed by atoms with Crippen molar-refractivity contribution in [3.8, 4) is 0 Å². The Labute approximate surface area is 230 Å². The molecule has 0 spiro atoms. The Bertz CT molecular complexity index is 1420. The molecule has 39 heavy (non-hydrogen) atoms. The van der Waals surface area contributed by atoms with Gasteiger partial charge in [0.15, 0.2) is 0 Å². The quantitative estimate of drug-likeness (QED) is 0.405. The van der Waals surface area contributed by atoms with Gasteiger partial charge < -0.3 is 10.2 Å². The van der Waals surface area contributed by atoms with Crippen molar-refractivity contribution in [1.82, 2.24) is 10.2 Å². The number of hydrogen-bond acceptors (Lipinski definition) is 4. The van der Waals surface area contributed by atoms with E-state index >= 15 is 0 Å². The molecule has 0 bridgehead atoms. The van der Waals surface area contributed by atoms with Gasteiger partial charge in [-0.15, -0.1) is 0 Å². The summed E-state index contributed by atoms with van der Waals surface area (Å²) in [5.74, 6) is -1.47. The summed E-state index contributed by atoms with van der Waals surface area (Å²) >= 11 is 0. The second kappa shape index (κ2) is 12.0. The summed E-state index contributed by atoms with van der Waals surface area (Å²) in [5.41, 5.74) is 2.27. The minimum absolute atomic E-state index is 0.00557. The van der Waals surface area contributed by atoms with E-state index in [0.29, 0.717) is 0 Å². The van der Waals surface area contributed by atoms with E-state index in [2.05, 4.69) is 5.32 Å². The molecule has 3 aromatic rings. The summed E-state index contributed by atoms with van der Waals surface area (Å²) in [6.45, 7) is 10.4. The standard InChI is InChI=1S/C30H36FN3O4S/c1-21-10-16-27(17-11-21)39(37,38)34(26-14-12-25(31)13-15-26)20-28(35)33(19-24-9-7-8-22(2)18-24)23(3)29(36)32-30(4,5)6/h7-18,23H,19-20H2,1-6H3,(H,32,36)/t23-/m0/s1. The van der Waals surface area contributed by atoms with Gasteiger partial charge in [0.1, 0.15) is 18.4 Å². The van der Waals surface area contributed by atoms with Crippen LogP contribution in [0.3, 0.4) is 0 Å². The lowest BCUT2D eigenvalue weighted by Crippen LogP contribution is -2.54. The number of anilines is 1. The van der Waals surface area contributed by atoms with Crippen LogP contribution >= 0.6 is 0 Å². The van der Waals surface area contributed by atoms with Crippen molar-refractivity contribution < 1.29 is 22.4 Å². The molecule has 0 heterocycles. The molecule has 0 radical (unpaired) electrons. The molecule has 0 aromatic heterocycles. The number of aryl methyl sites for hydroxylation is 2. The predicted octanol–water partition coefficient (Wildman–Crippen LogP) is 4.97.